The fourth-order valence-corrected chi connectivity index (χ4v) is 3.09. The topological polar surface area (TPSA) is 49.3 Å². The van der Waals surface area contributed by atoms with E-state index in [1.54, 1.807) is 11.3 Å². The summed E-state index contributed by atoms with van der Waals surface area (Å²) in [4.78, 5) is 8.78. The van der Waals surface area contributed by atoms with E-state index in [4.69, 9.17) is 0 Å². The molecule has 5 heteroatoms. The van der Waals surface area contributed by atoms with Gasteiger partial charge in [0.2, 0.25) is 5.96 Å². The highest BCUT2D eigenvalue weighted by Gasteiger charge is 2.10. The number of para-hydroxylation sites is 1. The summed E-state index contributed by atoms with van der Waals surface area (Å²) in [6.45, 7) is 0.663. The van der Waals surface area contributed by atoms with Crippen LogP contribution in [0.3, 0.4) is 0 Å². The van der Waals surface area contributed by atoms with E-state index in [9.17, 15) is 0 Å². The second-order valence-corrected chi connectivity index (χ2v) is 5.92. The fourth-order valence-electron chi connectivity index (χ4n) is 2.37. The van der Waals surface area contributed by atoms with Crippen LogP contribution in [0.1, 0.15) is 5.56 Å². The Kier molecular flexibility index (Phi) is 3.33. The first kappa shape index (κ1) is 13.0. The molecule has 3 aromatic rings. The Hall–Kier alpha value is -2.66. The number of guanidine groups is 1. The number of aliphatic imine (C=N–C) groups is 1. The van der Waals surface area contributed by atoms with Crippen molar-refractivity contribution in [3.8, 4) is 0 Å². The van der Waals surface area contributed by atoms with Gasteiger partial charge in [0.25, 0.3) is 0 Å². The first-order chi connectivity index (χ1) is 10.9. The quantitative estimate of drug-likeness (QED) is 0.759. The lowest BCUT2D eigenvalue weighted by molar-refractivity contribution is 1.13. The van der Waals surface area contributed by atoms with Crippen molar-refractivity contribution in [2.24, 2.45) is 4.99 Å². The number of rotatable bonds is 2. The third-order valence-electron chi connectivity index (χ3n) is 3.42. The number of nitrogens with zero attached hydrogens (tertiary/aromatic N) is 2. The molecule has 1 aliphatic heterocycles. The molecular formula is C17H14N4S. The molecule has 4 nitrogen and oxygen atoms in total. The summed E-state index contributed by atoms with van der Waals surface area (Å²) in [7, 11) is 0. The molecule has 22 heavy (non-hydrogen) atoms. The molecule has 1 aromatic heterocycles. The Morgan fingerprint density at radius 2 is 2.05 bits per heavy atom. The van der Waals surface area contributed by atoms with Crippen molar-refractivity contribution < 1.29 is 0 Å². The average Bonchev–Trinajstić information content (AvgIpc) is 3.17. The minimum Gasteiger partial charge on any atom is -0.328 e. The lowest BCUT2D eigenvalue weighted by Gasteiger charge is -2.06. The monoisotopic (exact) mass is 306 g/mol. The van der Waals surface area contributed by atoms with Crippen LogP contribution in [0.15, 0.2) is 64.7 Å². The maximum Gasteiger partial charge on any atom is 0.200 e. The summed E-state index contributed by atoms with van der Waals surface area (Å²) in [6.07, 6.45) is 2.13. The molecule has 2 heterocycles. The van der Waals surface area contributed by atoms with Crippen molar-refractivity contribution in [3.05, 3.63) is 65.3 Å². The minimum absolute atomic E-state index is 0.663. The molecule has 1 aliphatic rings. The van der Waals surface area contributed by atoms with Crippen LogP contribution in [0.4, 0.5) is 5.69 Å². The SMILES string of the molecule is C(=C1\CN=C(Nc2ccccc2)N1)/c1ccc2ncsc2c1. The second-order valence-electron chi connectivity index (χ2n) is 5.03. The molecule has 0 amide bonds. The van der Waals surface area contributed by atoms with Gasteiger partial charge < -0.3 is 10.6 Å². The van der Waals surface area contributed by atoms with Gasteiger partial charge in [0, 0.05) is 11.4 Å². The van der Waals surface area contributed by atoms with Crippen LogP contribution in [0.25, 0.3) is 16.3 Å². The summed E-state index contributed by atoms with van der Waals surface area (Å²) >= 11 is 1.66. The Bertz CT molecular complexity index is 865. The molecule has 0 fully saturated rings. The van der Waals surface area contributed by atoms with E-state index < -0.39 is 0 Å². The number of benzene rings is 2. The van der Waals surface area contributed by atoms with E-state index >= 15 is 0 Å². The van der Waals surface area contributed by atoms with E-state index in [0.29, 0.717) is 6.54 Å². The van der Waals surface area contributed by atoms with Gasteiger partial charge in [-0.3, -0.25) is 0 Å². The van der Waals surface area contributed by atoms with Gasteiger partial charge >= 0.3 is 0 Å². The normalized spacial score (nSPS) is 15.8. The van der Waals surface area contributed by atoms with Crippen molar-refractivity contribution in [3.63, 3.8) is 0 Å². The van der Waals surface area contributed by atoms with Gasteiger partial charge in [-0.05, 0) is 35.9 Å². The first-order valence-corrected chi connectivity index (χ1v) is 7.92. The predicted molar refractivity (Wildman–Crippen MR) is 93.1 cm³/mol. The van der Waals surface area contributed by atoms with Crippen molar-refractivity contribution in [1.29, 1.82) is 0 Å². The van der Waals surface area contributed by atoms with Gasteiger partial charge in [0.1, 0.15) is 0 Å². The third kappa shape index (κ3) is 2.71. The lowest BCUT2D eigenvalue weighted by atomic mass is 10.2. The van der Waals surface area contributed by atoms with Crippen molar-refractivity contribution in [2.75, 3.05) is 11.9 Å². The molecule has 0 saturated carbocycles. The standard InChI is InChI=1S/C17H14N4S/c1-2-4-13(5-3-1)20-17-18-10-14(21-17)8-12-6-7-15-16(9-12)22-11-19-15/h1-9,11H,10H2,(H2,18,20,21)/b14-8-. The number of hydrogen-bond acceptors (Lipinski definition) is 5. The summed E-state index contributed by atoms with van der Waals surface area (Å²) in [5.41, 5.74) is 6.20. The molecule has 0 saturated heterocycles. The number of thiazole rings is 1. The highest BCUT2D eigenvalue weighted by Crippen LogP contribution is 2.20. The predicted octanol–water partition coefficient (Wildman–Crippen LogP) is 3.71. The van der Waals surface area contributed by atoms with Gasteiger partial charge in [-0.2, -0.15) is 0 Å². The molecule has 0 unspecified atom stereocenters. The number of fused-ring (bicyclic) bond motifs is 1. The zero-order valence-corrected chi connectivity index (χ0v) is 12.6. The third-order valence-corrected chi connectivity index (χ3v) is 4.21. The fraction of sp³-hybridized carbons (Fsp3) is 0.0588. The smallest absolute Gasteiger partial charge is 0.200 e. The molecular weight excluding hydrogens is 292 g/mol. The maximum absolute atomic E-state index is 4.48. The molecule has 0 atom stereocenters. The van der Waals surface area contributed by atoms with E-state index in [1.807, 2.05) is 35.8 Å². The average molecular weight is 306 g/mol. The second kappa shape index (κ2) is 5.61. The van der Waals surface area contributed by atoms with Gasteiger partial charge in [0.15, 0.2) is 0 Å². The highest BCUT2D eigenvalue weighted by atomic mass is 32.1. The van der Waals surface area contributed by atoms with Crippen LogP contribution in [-0.4, -0.2) is 17.5 Å². The molecule has 2 N–H and O–H groups in total. The van der Waals surface area contributed by atoms with Crippen molar-refractivity contribution in [1.82, 2.24) is 10.3 Å². The van der Waals surface area contributed by atoms with E-state index in [-0.39, 0.29) is 0 Å². The molecule has 0 bridgehead atoms. The zero-order valence-electron chi connectivity index (χ0n) is 11.8. The number of nitrogens with one attached hydrogen (secondary N) is 2. The summed E-state index contributed by atoms with van der Waals surface area (Å²) in [5, 5.41) is 6.59. The number of aromatic nitrogens is 1. The van der Waals surface area contributed by atoms with Crippen LogP contribution < -0.4 is 10.6 Å². The Balaban J connectivity index is 1.48. The Morgan fingerprint density at radius 3 is 2.95 bits per heavy atom. The van der Waals surface area contributed by atoms with Gasteiger partial charge in [0.05, 0.1) is 22.3 Å². The number of hydrogen-bond donors (Lipinski definition) is 2. The summed E-state index contributed by atoms with van der Waals surface area (Å²) in [6, 6.07) is 16.3. The molecule has 0 radical (unpaired) electrons. The van der Waals surface area contributed by atoms with Crippen molar-refractivity contribution in [2.45, 2.75) is 0 Å². The zero-order chi connectivity index (χ0) is 14.8. The van der Waals surface area contributed by atoms with Gasteiger partial charge in [-0.15, -0.1) is 11.3 Å². The van der Waals surface area contributed by atoms with E-state index in [0.717, 1.165) is 28.4 Å². The molecule has 0 spiro atoms. The van der Waals surface area contributed by atoms with Crippen molar-refractivity contribution >= 4 is 39.3 Å². The molecule has 2 aromatic carbocycles. The number of anilines is 1. The molecule has 108 valence electrons. The van der Waals surface area contributed by atoms with Crippen LogP contribution >= 0.6 is 11.3 Å². The summed E-state index contributed by atoms with van der Waals surface area (Å²) in [5.74, 6) is 0.788. The first-order valence-electron chi connectivity index (χ1n) is 7.04. The largest absolute Gasteiger partial charge is 0.328 e. The lowest BCUT2D eigenvalue weighted by Crippen LogP contribution is -2.25. The van der Waals surface area contributed by atoms with Gasteiger partial charge in [-0.1, -0.05) is 24.3 Å². The minimum atomic E-state index is 0.663. The Morgan fingerprint density at radius 1 is 1.14 bits per heavy atom. The highest BCUT2D eigenvalue weighted by molar-refractivity contribution is 7.16. The van der Waals surface area contributed by atoms with E-state index in [2.05, 4.69) is 44.9 Å². The van der Waals surface area contributed by atoms with E-state index in [1.165, 1.54) is 4.70 Å². The molecule has 0 aliphatic carbocycles. The van der Waals surface area contributed by atoms with Crippen LogP contribution in [-0.2, 0) is 0 Å². The maximum atomic E-state index is 4.48. The van der Waals surface area contributed by atoms with Crippen LogP contribution in [0.2, 0.25) is 0 Å². The van der Waals surface area contributed by atoms with Gasteiger partial charge in [-0.25, -0.2) is 9.98 Å². The van der Waals surface area contributed by atoms with Crippen LogP contribution in [0.5, 0.6) is 0 Å². The summed E-state index contributed by atoms with van der Waals surface area (Å²) < 4.78 is 1.20. The van der Waals surface area contributed by atoms with Crippen LogP contribution in [0, 0.1) is 0 Å². The Labute approximate surface area is 132 Å². The molecule has 4 rings (SSSR count).